The Morgan fingerprint density at radius 1 is 1.37 bits per heavy atom. The van der Waals surface area contributed by atoms with Gasteiger partial charge < -0.3 is 9.88 Å². The van der Waals surface area contributed by atoms with Gasteiger partial charge in [0, 0.05) is 32.0 Å². The summed E-state index contributed by atoms with van der Waals surface area (Å²) in [5, 5.41) is 0. The van der Waals surface area contributed by atoms with E-state index in [0.717, 1.165) is 51.4 Å². The van der Waals surface area contributed by atoms with Crippen molar-refractivity contribution in [3.8, 4) is 0 Å². The fourth-order valence-electron chi connectivity index (χ4n) is 2.78. The molecule has 5 heteroatoms. The third-order valence-corrected chi connectivity index (χ3v) is 3.92. The van der Waals surface area contributed by atoms with E-state index in [1.807, 2.05) is 12.4 Å². The van der Waals surface area contributed by atoms with Crippen LogP contribution in [0.2, 0.25) is 0 Å². The van der Waals surface area contributed by atoms with E-state index in [9.17, 15) is 4.39 Å². The average Bonchev–Trinajstić information content (AvgIpc) is 2.97. The van der Waals surface area contributed by atoms with E-state index < -0.39 is 0 Å². The minimum atomic E-state index is -0.182. The first-order valence-corrected chi connectivity index (χ1v) is 7.36. The Hall–Kier alpha value is -0.940. The average molecular weight is 268 g/mol. The molecule has 0 spiro atoms. The highest BCUT2D eigenvalue weighted by molar-refractivity contribution is 4.99. The molecule has 1 aliphatic heterocycles. The predicted molar refractivity (Wildman–Crippen MR) is 74.8 cm³/mol. The number of aromatic amines is 1. The van der Waals surface area contributed by atoms with Gasteiger partial charge in [0.15, 0.2) is 0 Å². The number of rotatable bonds is 7. The van der Waals surface area contributed by atoms with Gasteiger partial charge in [0.05, 0.1) is 12.7 Å². The molecule has 0 radical (unpaired) electrons. The molecule has 2 heterocycles. The minimum absolute atomic E-state index is 0.182. The van der Waals surface area contributed by atoms with Gasteiger partial charge in [0.25, 0.3) is 0 Å². The number of H-pyrrole nitrogens is 1. The number of aromatic nitrogens is 2. The number of hydrogen-bond donors (Lipinski definition) is 1. The quantitative estimate of drug-likeness (QED) is 0.770. The summed E-state index contributed by atoms with van der Waals surface area (Å²) in [6.07, 6.45) is 6.51. The molecule has 0 aliphatic carbocycles. The van der Waals surface area contributed by atoms with Crippen LogP contribution in [0.1, 0.15) is 38.1 Å². The number of likely N-dealkylation sites (N-methyl/N-ethyl adjacent to an activating group) is 1. The monoisotopic (exact) mass is 268 g/mol. The summed E-state index contributed by atoms with van der Waals surface area (Å²) in [4.78, 5) is 12.6. The summed E-state index contributed by atoms with van der Waals surface area (Å²) in [6.45, 7) is 7.38. The topological polar surface area (TPSA) is 35.2 Å². The molecule has 1 N–H and O–H groups in total. The number of alkyl halides is 1. The molecular formula is C14H25FN4. The van der Waals surface area contributed by atoms with Crippen LogP contribution in [0.25, 0.3) is 0 Å². The summed E-state index contributed by atoms with van der Waals surface area (Å²) in [7, 11) is 0. The Morgan fingerprint density at radius 2 is 2.26 bits per heavy atom. The molecule has 1 aliphatic rings. The zero-order valence-electron chi connectivity index (χ0n) is 11.8. The van der Waals surface area contributed by atoms with Crippen molar-refractivity contribution in [2.24, 2.45) is 0 Å². The van der Waals surface area contributed by atoms with E-state index in [0.29, 0.717) is 12.5 Å². The lowest BCUT2D eigenvalue weighted by molar-refractivity contribution is 0.0730. The molecule has 1 fully saturated rings. The van der Waals surface area contributed by atoms with Crippen LogP contribution in [0.3, 0.4) is 0 Å². The molecule has 0 unspecified atom stereocenters. The molecular weight excluding hydrogens is 243 g/mol. The number of imidazole rings is 1. The summed E-state index contributed by atoms with van der Waals surface area (Å²) in [5.74, 6) is 1.07. The lowest BCUT2D eigenvalue weighted by Gasteiger charge is -2.40. The highest BCUT2D eigenvalue weighted by Gasteiger charge is 2.28. The Balaban J connectivity index is 1.85. The molecule has 0 amide bonds. The van der Waals surface area contributed by atoms with Gasteiger partial charge in [-0.3, -0.25) is 9.29 Å². The maximum atomic E-state index is 12.1. The second-order valence-electron chi connectivity index (χ2n) is 5.17. The second-order valence-corrected chi connectivity index (χ2v) is 5.17. The van der Waals surface area contributed by atoms with E-state index in [1.165, 1.54) is 0 Å². The van der Waals surface area contributed by atoms with Crippen molar-refractivity contribution in [3.05, 3.63) is 18.2 Å². The summed E-state index contributed by atoms with van der Waals surface area (Å²) in [5.41, 5.74) is 0. The van der Waals surface area contributed by atoms with Crippen LogP contribution in [-0.4, -0.2) is 59.2 Å². The number of nitrogens with one attached hydrogen (secondary N) is 1. The van der Waals surface area contributed by atoms with Crippen LogP contribution in [0, 0.1) is 0 Å². The largest absolute Gasteiger partial charge is 0.347 e. The maximum absolute atomic E-state index is 12.1. The van der Waals surface area contributed by atoms with E-state index in [1.54, 1.807) is 0 Å². The third kappa shape index (κ3) is 4.01. The zero-order chi connectivity index (χ0) is 13.5. The smallest absolute Gasteiger partial charge is 0.124 e. The fraction of sp³-hybridized carbons (Fsp3) is 0.786. The van der Waals surface area contributed by atoms with E-state index in [4.69, 9.17) is 0 Å². The van der Waals surface area contributed by atoms with Gasteiger partial charge in [-0.15, -0.1) is 0 Å². The Labute approximate surface area is 115 Å². The number of halogens is 1. The fourth-order valence-corrected chi connectivity index (χ4v) is 2.78. The summed E-state index contributed by atoms with van der Waals surface area (Å²) in [6, 6.07) is 0.370. The van der Waals surface area contributed by atoms with Crippen molar-refractivity contribution in [2.75, 3.05) is 39.4 Å². The van der Waals surface area contributed by atoms with Crippen LogP contribution in [0.5, 0.6) is 0 Å². The number of hydrogen-bond acceptors (Lipinski definition) is 3. The van der Waals surface area contributed by atoms with E-state index in [2.05, 4.69) is 26.7 Å². The number of piperazine rings is 1. The van der Waals surface area contributed by atoms with Gasteiger partial charge in [0.1, 0.15) is 5.82 Å². The van der Waals surface area contributed by atoms with E-state index in [-0.39, 0.29) is 6.67 Å². The van der Waals surface area contributed by atoms with Gasteiger partial charge in [0.2, 0.25) is 0 Å². The van der Waals surface area contributed by atoms with Crippen molar-refractivity contribution < 1.29 is 4.39 Å². The lowest BCUT2D eigenvalue weighted by Crippen LogP contribution is -2.48. The highest BCUT2D eigenvalue weighted by atomic mass is 19.1. The van der Waals surface area contributed by atoms with Gasteiger partial charge in [-0.1, -0.05) is 6.92 Å². The SMILES string of the molecule is CCN1CCN(CCCCCF)C[C@H]1c1ncc[nH]1. The van der Waals surface area contributed by atoms with Crippen LogP contribution in [-0.2, 0) is 0 Å². The summed E-state index contributed by atoms with van der Waals surface area (Å²) >= 11 is 0. The second kappa shape index (κ2) is 7.60. The van der Waals surface area contributed by atoms with Crippen LogP contribution in [0.4, 0.5) is 4.39 Å². The Bertz CT molecular complexity index is 341. The Kier molecular flexibility index (Phi) is 5.79. The first-order valence-electron chi connectivity index (χ1n) is 7.36. The predicted octanol–water partition coefficient (Wildman–Crippen LogP) is 2.23. The Morgan fingerprint density at radius 3 is 2.95 bits per heavy atom. The number of nitrogens with zero attached hydrogens (tertiary/aromatic N) is 3. The normalized spacial score (nSPS) is 21.9. The highest BCUT2D eigenvalue weighted by Crippen LogP contribution is 2.22. The van der Waals surface area contributed by atoms with Gasteiger partial charge in [-0.2, -0.15) is 0 Å². The molecule has 2 rings (SSSR count). The van der Waals surface area contributed by atoms with Crippen LogP contribution >= 0.6 is 0 Å². The molecule has 1 aromatic heterocycles. The zero-order valence-corrected chi connectivity index (χ0v) is 11.8. The molecule has 19 heavy (non-hydrogen) atoms. The standard InChI is InChI=1S/C14H25FN4/c1-2-19-11-10-18(9-5-3-4-6-15)12-13(19)14-16-7-8-17-14/h7-8,13H,2-6,9-12H2,1H3,(H,16,17)/t13-/m0/s1. The van der Waals surface area contributed by atoms with Gasteiger partial charge in [-0.25, -0.2) is 4.98 Å². The minimum Gasteiger partial charge on any atom is -0.347 e. The van der Waals surface area contributed by atoms with Crippen molar-refractivity contribution in [1.29, 1.82) is 0 Å². The van der Waals surface area contributed by atoms with Crippen LogP contribution < -0.4 is 0 Å². The van der Waals surface area contributed by atoms with Crippen molar-refractivity contribution in [2.45, 2.75) is 32.2 Å². The first-order chi connectivity index (χ1) is 9.35. The molecule has 1 aromatic rings. The molecule has 1 saturated heterocycles. The van der Waals surface area contributed by atoms with Crippen molar-refractivity contribution >= 4 is 0 Å². The molecule has 0 saturated carbocycles. The van der Waals surface area contributed by atoms with E-state index >= 15 is 0 Å². The number of unbranched alkanes of at least 4 members (excludes halogenated alkanes) is 2. The van der Waals surface area contributed by atoms with Crippen molar-refractivity contribution in [3.63, 3.8) is 0 Å². The summed E-state index contributed by atoms with van der Waals surface area (Å²) < 4.78 is 12.1. The molecule has 4 nitrogen and oxygen atoms in total. The first kappa shape index (κ1) is 14.5. The molecule has 1 atom stereocenters. The third-order valence-electron chi connectivity index (χ3n) is 3.92. The molecule has 108 valence electrons. The molecule has 0 bridgehead atoms. The van der Waals surface area contributed by atoms with Crippen molar-refractivity contribution in [1.82, 2.24) is 19.8 Å². The maximum Gasteiger partial charge on any atom is 0.124 e. The van der Waals surface area contributed by atoms with Gasteiger partial charge >= 0.3 is 0 Å². The van der Waals surface area contributed by atoms with Crippen LogP contribution in [0.15, 0.2) is 12.4 Å². The van der Waals surface area contributed by atoms with Gasteiger partial charge in [-0.05, 0) is 32.4 Å². The molecule has 0 aromatic carbocycles. The lowest BCUT2D eigenvalue weighted by atomic mass is 10.1.